The minimum atomic E-state index is -3.99. The Balaban J connectivity index is 1.31. The van der Waals surface area contributed by atoms with Crippen molar-refractivity contribution >= 4 is 27.0 Å². The van der Waals surface area contributed by atoms with E-state index >= 15 is 0 Å². The molecule has 0 N–H and O–H groups in total. The summed E-state index contributed by atoms with van der Waals surface area (Å²) < 4.78 is 40.9. The fourth-order valence-corrected chi connectivity index (χ4v) is 5.54. The highest BCUT2D eigenvalue weighted by molar-refractivity contribution is 7.89. The van der Waals surface area contributed by atoms with Crippen LogP contribution in [-0.2, 0) is 35.0 Å². The van der Waals surface area contributed by atoms with Crippen molar-refractivity contribution in [1.82, 2.24) is 23.6 Å². The Hall–Kier alpha value is -3.90. The molecule has 4 aromatic rings. The maximum Gasteiger partial charge on any atom is 0.419 e. The molecule has 0 fully saturated rings. The number of methoxy groups -OCH3 is 1. The van der Waals surface area contributed by atoms with Gasteiger partial charge in [0.15, 0.2) is 5.58 Å². The Morgan fingerprint density at radius 3 is 2.62 bits per heavy atom. The second-order valence-electron chi connectivity index (χ2n) is 8.96. The van der Waals surface area contributed by atoms with Gasteiger partial charge >= 0.3 is 5.76 Å². The molecular weight excluding hydrogens is 498 g/mol. The van der Waals surface area contributed by atoms with Gasteiger partial charge in [-0.25, -0.2) is 13.2 Å². The van der Waals surface area contributed by atoms with Crippen LogP contribution in [0.25, 0.3) is 22.4 Å². The van der Waals surface area contributed by atoms with E-state index in [-0.39, 0.29) is 22.9 Å². The first-order valence-corrected chi connectivity index (χ1v) is 13.2. The summed E-state index contributed by atoms with van der Waals surface area (Å²) in [6.45, 7) is 1.16. The summed E-state index contributed by atoms with van der Waals surface area (Å²) in [6, 6.07) is 13.8. The van der Waals surface area contributed by atoms with E-state index in [4.69, 9.17) is 14.3 Å². The maximum absolute atomic E-state index is 13.2. The van der Waals surface area contributed by atoms with Gasteiger partial charge in [0.25, 0.3) is 0 Å². The summed E-state index contributed by atoms with van der Waals surface area (Å²) in [4.78, 5) is 26.5. The number of aryl methyl sites for hydroxylation is 2. The molecule has 0 saturated carbocycles. The Bertz CT molecular complexity index is 1630. The lowest BCUT2D eigenvalue weighted by Gasteiger charge is -2.23. The highest BCUT2D eigenvalue weighted by Gasteiger charge is 2.28. The molecule has 1 amide bonds. The number of aromatic nitrogens is 3. The van der Waals surface area contributed by atoms with Crippen molar-refractivity contribution in [3.63, 3.8) is 0 Å². The molecule has 37 heavy (non-hydrogen) atoms. The summed E-state index contributed by atoms with van der Waals surface area (Å²) >= 11 is 0. The van der Waals surface area contributed by atoms with Crippen molar-refractivity contribution in [1.29, 1.82) is 0 Å². The average molecular weight is 526 g/mol. The topological polar surface area (TPSA) is 120 Å². The van der Waals surface area contributed by atoms with Gasteiger partial charge < -0.3 is 14.1 Å². The van der Waals surface area contributed by atoms with Gasteiger partial charge in [0.05, 0.1) is 42.0 Å². The molecule has 0 unspecified atom stereocenters. The molecule has 2 aromatic carbocycles. The van der Waals surface area contributed by atoms with E-state index < -0.39 is 15.8 Å². The first-order chi connectivity index (χ1) is 17.7. The second kappa shape index (κ2) is 9.52. The number of ether oxygens (including phenoxy) is 1. The summed E-state index contributed by atoms with van der Waals surface area (Å²) in [5, 5.41) is 4.70. The number of benzene rings is 2. The number of rotatable bonds is 6. The molecule has 0 spiro atoms. The van der Waals surface area contributed by atoms with Crippen molar-refractivity contribution in [3.05, 3.63) is 64.8 Å². The van der Waals surface area contributed by atoms with E-state index in [0.29, 0.717) is 31.6 Å². The van der Waals surface area contributed by atoms with Gasteiger partial charge in [-0.3, -0.25) is 14.0 Å². The van der Waals surface area contributed by atoms with Crippen LogP contribution < -0.4 is 10.5 Å². The Morgan fingerprint density at radius 2 is 1.89 bits per heavy atom. The summed E-state index contributed by atoms with van der Waals surface area (Å²) in [6.07, 6.45) is 0.697. The van der Waals surface area contributed by atoms with Gasteiger partial charge in [-0.05, 0) is 48.9 Å². The highest BCUT2D eigenvalue weighted by Crippen LogP contribution is 2.25. The van der Waals surface area contributed by atoms with Gasteiger partial charge in [-0.1, -0.05) is 0 Å². The number of fused-ring (bicyclic) bond motifs is 2. The molecule has 5 rings (SSSR count). The smallest absolute Gasteiger partial charge is 0.419 e. The van der Waals surface area contributed by atoms with E-state index in [1.54, 1.807) is 19.1 Å². The van der Waals surface area contributed by atoms with Gasteiger partial charge in [0.1, 0.15) is 5.75 Å². The third-order valence-electron chi connectivity index (χ3n) is 6.58. The number of hydrogen-bond donors (Lipinski definition) is 0. The Morgan fingerprint density at radius 1 is 1.14 bits per heavy atom. The van der Waals surface area contributed by atoms with E-state index in [2.05, 4.69) is 0 Å². The number of nitrogens with zero attached hydrogens (tertiary/aromatic N) is 5. The minimum absolute atomic E-state index is 0.0530. The zero-order valence-electron chi connectivity index (χ0n) is 20.7. The lowest BCUT2D eigenvalue weighted by molar-refractivity contribution is -0.131. The van der Waals surface area contributed by atoms with Crippen LogP contribution in [0.2, 0.25) is 0 Å². The molecule has 0 saturated heterocycles. The molecule has 0 bridgehead atoms. The number of likely N-dealkylation sites (N-methyl/N-ethyl adjacent to an activating group) is 1. The van der Waals surface area contributed by atoms with Crippen molar-refractivity contribution in [3.8, 4) is 17.0 Å². The maximum atomic E-state index is 13.2. The standard InChI is InChI=1S/C25H27N5O6S/c1-27(37(33,34)20-9-10-22-23(14-20)36-25(32)28(22)2)16-24(31)29-11-4-12-30-18(15-29)13-21(26-30)17-5-7-19(35-3)8-6-17/h5-10,13-14H,4,11-12,15-16H2,1-3H3. The molecule has 194 valence electrons. The summed E-state index contributed by atoms with van der Waals surface area (Å²) in [5.41, 5.74) is 3.28. The molecule has 1 aliphatic rings. The fourth-order valence-electron chi connectivity index (χ4n) is 4.41. The lowest BCUT2D eigenvalue weighted by Crippen LogP contribution is -2.41. The van der Waals surface area contributed by atoms with Gasteiger partial charge in [0, 0.05) is 38.8 Å². The van der Waals surface area contributed by atoms with Crippen molar-refractivity contribution in [2.24, 2.45) is 7.05 Å². The van der Waals surface area contributed by atoms with Gasteiger partial charge in [-0.15, -0.1) is 0 Å². The first kappa shape index (κ1) is 24.8. The summed E-state index contributed by atoms with van der Waals surface area (Å²) in [7, 11) is 0.531. The van der Waals surface area contributed by atoms with Crippen LogP contribution in [0.1, 0.15) is 12.1 Å². The largest absolute Gasteiger partial charge is 0.497 e. The molecule has 0 aliphatic carbocycles. The van der Waals surface area contributed by atoms with Crippen LogP contribution in [0.3, 0.4) is 0 Å². The number of hydrogen-bond acceptors (Lipinski definition) is 7. The molecule has 11 nitrogen and oxygen atoms in total. The lowest BCUT2D eigenvalue weighted by atomic mass is 10.1. The quantitative estimate of drug-likeness (QED) is 0.378. The monoisotopic (exact) mass is 525 g/mol. The van der Waals surface area contributed by atoms with Crippen LogP contribution in [0.5, 0.6) is 5.75 Å². The van der Waals surface area contributed by atoms with Crippen LogP contribution in [0.15, 0.2) is 62.6 Å². The van der Waals surface area contributed by atoms with E-state index in [1.807, 2.05) is 35.0 Å². The summed E-state index contributed by atoms with van der Waals surface area (Å²) in [5.74, 6) is -0.128. The third kappa shape index (κ3) is 4.65. The number of carbonyl (C=O) groups is 1. The van der Waals surface area contributed by atoms with E-state index in [9.17, 15) is 18.0 Å². The van der Waals surface area contributed by atoms with E-state index in [1.165, 1.54) is 29.8 Å². The zero-order valence-corrected chi connectivity index (χ0v) is 21.6. The normalized spacial score (nSPS) is 14.1. The SMILES string of the molecule is COc1ccc(-c2cc3n(n2)CCCN(C(=O)CN(C)S(=O)(=O)c2ccc4c(c2)oc(=O)n4C)C3)cc1. The van der Waals surface area contributed by atoms with Crippen LogP contribution in [0.4, 0.5) is 0 Å². The number of sulfonamides is 1. The number of carbonyl (C=O) groups excluding carboxylic acids is 1. The fraction of sp³-hybridized carbons (Fsp3) is 0.320. The molecule has 1 aliphatic heterocycles. The molecule has 12 heteroatoms. The second-order valence-corrected chi connectivity index (χ2v) is 11.0. The minimum Gasteiger partial charge on any atom is -0.497 e. The molecular formula is C25H27N5O6S. The molecule has 2 aromatic heterocycles. The third-order valence-corrected chi connectivity index (χ3v) is 8.38. The number of amides is 1. The van der Waals surface area contributed by atoms with Crippen LogP contribution in [-0.4, -0.2) is 65.1 Å². The van der Waals surface area contributed by atoms with Gasteiger partial charge in [-0.2, -0.15) is 9.40 Å². The van der Waals surface area contributed by atoms with Crippen LogP contribution >= 0.6 is 0 Å². The van der Waals surface area contributed by atoms with Crippen molar-refractivity contribution in [2.45, 2.75) is 24.4 Å². The predicted molar refractivity (Wildman–Crippen MR) is 136 cm³/mol. The molecule has 0 atom stereocenters. The molecule has 3 heterocycles. The average Bonchev–Trinajstić information content (AvgIpc) is 3.35. The first-order valence-electron chi connectivity index (χ1n) is 11.7. The van der Waals surface area contributed by atoms with Gasteiger partial charge in [0.2, 0.25) is 15.9 Å². The highest BCUT2D eigenvalue weighted by atomic mass is 32.2. The Labute approximate surface area is 213 Å². The Kier molecular flexibility index (Phi) is 6.38. The predicted octanol–water partition coefficient (Wildman–Crippen LogP) is 2.06. The molecule has 0 radical (unpaired) electrons. The van der Waals surface area contributed by atoms with E-state index in [0.717, 1.165) is 27.0 Å². The van der Waals surface area contributed by atoms with Crippen LogP contribution in [0, 0.1) is 0 Å². The van der Waals surface area contributed by atoms with Crippen molar-refractivity contribution in [2.75, 3.05) is 27.2 Å². The zero-order chi connectivity index (χ0) is 26.3. The van der Waals surface area contributed by atoms with Crippen molar-refractivity contribution < 1.29 is 22.4 Å². The number of oxazole rings is 1.